The third-order valence-electron chi connectivity index (χ3n) is 4.45. The molecular weight excluding hydrogens is 333 g/mol. The minimum Gasteiger partial charge on any atom is -0.486 e. The molecular formula is C21H20FNO3. The Hall–Kier alpha value is -2.79. The summed E-state index contributed by atoms with van der Waals surface area (Å²) < 4.78 is 30.8. The van der Waals surface area contributed by atoms with Crippen LogP contribution >= 0.6 is 0 Å². The number of furan rings is 1. The minimum atomic E-state index is -0.286. The van der Waals surface area contributed by atoms with Crippen LogP contribution < -0.4 is 14.8 Å². The topological polar surface area (TPSA) is 43.6 Å². The summed E-state index contributed by atoms with van der Waals surface area (Å²) in [6, 6.07) is 16.3. The van der Waals surface area contributed by atoms with Gasteiger partial charge in [-0.25, -0.2) is 4.39 Å². The maximum absolute atomic E-state index is 13.9. The average Bonchev–Trinajstić information content (AvgIpc) is 3.15. The summed E-state index contributed by atoms with van der Waals surface area (Å²) in [6.07, 6.45) is 0. The van der Waals surface area contributed by atoms with Gasteiger partial charge in [0.25, 0.3) is 0 Å². The van der Waals surface area contributed by atoms with E-state index in [1.165, 1.54) is 6.07 Å². The number of rotatable bonds is 5. The van der Waals surface area contributed by atoms with Crippen molar-refractivity contribution >= 4 is 0 Å². The molecule has 4 nitrogen and oxygen atoms in total. The van der Waals surface area contributed by atoms with E-state index in [-0.39, 0.29) is 11.9 Å². The van der Waals surface area contributed by atoms with E-state index in [2.05, 4.69) is 12.2 Å². The zero-order valence-corrected chi connectivity index (χ0v) is 14.5. The van der Waals surface area contributed by atoms with Crippen molar-refractivity contribution in [2.45, 2.75) is 19.5 Å². The van der Waals surface area contributed by atoms with Gasteiger partial charge in [-0.3, -0.25) is 0 Å². The lowest BCUT2D eigenvalue weighted by molar-refractivity contribution is 0.171. The summed E-state index contributed by atoms with van der Waals surface area (Å²) in [6.45, 7) is 3.78. The highest BCUT2D eigenvalue weighted by Crippen LogP contribution is 2.32. The van der Waals surface area contributed by atoms with Gasteiger partial charge in [-0.2, -0.15) is 0 Å². The monoisotopic (exact) mass is 353 g/mol. The predicted octanol–water partition coefficient (Wildman–Crippen LogP) is 4.71. The van der Waals surface area contributed by atoms with Crippen molar-refractivity contribution in [2.75, 3.05) is 13.2 Å². The molecule has 0 bridgehead atoms. The second-order valence-corrected chi connectivity index (χ2v) is 6.25. The van der Waals surface area contributed by atoms with Gasteiger partial charge in [0.2, 0.25) is 0 Å². The van der Waals surface area contributed by atoms with Crippen LogP contribution in [0.4, 0.5) is 4.39 Å². The van der Waals surface area contributed by atoms with Crippen LogP contribution in [0.3, 0.4) is 0 Å². The summed E-state index contributed by atoms with van der Waals surface area (Å²) in [5, 5.41) is 3.42. The van der Waals surface area contributed by atoms with Gasteiger partial charge in [0.1, 0.15) is 30.6 Å². The molecule has 0 saturated heterocycles. The Kier molecular flexibility index (Phi) is 4.63. The van der Waals surface area contributed by atoms with E-state index in [1.807, 2.05) is 24.3 Å². The SMILES string of the molecule is C[C@H](NCc1ccc(-c2ccccc2F)o1)c1ccc2c(c1)OCCO2. The zero-order chi connectivity index (χ0) is 17.9. The molecule has 0 unspecified atom stereocenters. The Morgan fingerprint density at radius 3 is 2.65 bits per heavy atom. The fourth-order valence-corrected chi connectivity index (χ4v) is 2.98. The molecule has 0 fully saturated rings. The van der Waals surface area contributed by atoms with E-state index in [1.54, 1.807) is 24.3 Å². The van der Waals surface area contributed by atoms with Crippen molar-refractivity contribution in [3.63, 3.8) is 0 Å². The third kappa shape index (κ3) is 3.44. The van der Waals surface area contributed by atoms with Gasteiger partial charge in [0, 0.05) is 6.04 Å². The number of hydrogen-bond acceptors (Lipinski definition) is 4. The van der Waals surface area contributed by atoms with Gasteiger partial charge >= 0.3 is 0 Å². The van der Waals surface area contributed by atoms with Crippen LogP contribution in [0.2, 0.25) is 0 Å². The molecule has 5 heteroatoms. The Morgan fingerprint density at radius 1 is 1.00 bits per heavy atom. The standard InChI is InChI=1S/C21H20FNO3/c1-14(15-6-8-20-21(12-15)25-11-10-24-20)23-13-16-7-9-19(26-16)17-4-2-3-5-18(17)22/h2-9,12,14,23H,10-11,13H2,1H3/t14-/m0/s1. The van der Waals surface area contributed by atoms with Crippen molar-refractivity contribution in [3.05, 3.63) is 71.7 Å². The van der Waals surface area contributed by atoms with Gasteiger partial charge in [-0.1, -0.05) is 18.2 Å². The number of halogens is 1. The molecule has 1 aliphatic rings. The molecule has 0 radical (unpaired) electrons. The molecule has 0 spiro atoms. The number of nitrogens with one attached hydrogen (secondary N) is 1. The molecule has 2 aromatic carbocycles. The van der Waals surface area contributed by atoms with Crippen LogP contribution in [0.15, 0.2) is 59.0 Å². The van der Waals surface area contributed by atoms with Crippen LogP contribution in [0.1, 0.15) is 24.3 Å². The van der Waals surface area contributed by atoms with Gasteiger partial charge in [0.15, 0.2) is 11.5 Å². The fourth-order valence-electron chi connectivity index (χ4n) is 2.98. The van der Waals surface area contributed by atoms with E-state index in [0.717, 1.165) is 22.8 Å². The molecule has 0 saturated carbocycles. The van der Waals surface area contributed by atoms with Gasteiger partial charge in [-0.15, -0.1) is 0 Å². The summed E-state index contributed by atoms with van der Waals surface area (Å²) in [4.78, 5) is 0. The summed E-state index contributed by atoms with van der Waals surface area (Å²) >= 11 is 0. The summed E-state index contributed by atoms with van der Waals surface area (Å²) in [7, 11) is 0. The third-order valence-corrected chi connectivity index (χ3v) is 4.45. The van der Waals surface area contributed by atoms with Crippen LogP contribution in [0.25, 0.3) is 11.3 Å². The van der Waals surface area contributed by atoms with Crippen LogP contribution in [0.5, 0.6) is 11.5 Å². The smallest absolute Gasteiger partial charge is 0.161 e. The molecule has 0 amide bonds. The van der Waals surface area contributed by atoms with Crippen LogP contribution in [-0.4, -0.2) is 13.2 Å². The Balaban J connectivity index is 1.42. The molecule has 4 rings (SSSR count). The first-order chi connectivity index (χ1) is 12.7. The van der Waals surface area contributed by atoms with Gasteiger partial charge in [-0.05, 0) is 48.9 Å². The largest absolute Gasteiger partial charge is 0.486 e. The summed E-state index contributed by atoms with van der Waals surface area (Å²) in [5.41, 5.74) is 1.58. The lowest BCUT2D eigenvalue weighted by Crippen LogP contribution is -2.19. The Bertz CT molecular complexity index is 906. The molecule has 26 heavy (non-hydrogen) atoms. The molecule has 1 aliphatic heterocycles. The summed E-state index contributed by atoms with van der Waals surface area (Å²) in [5.74, 6) is 2.57. The lowest BCUT2D eigenvalue weighted by Gasteiger charge is -2.21. The van der Waals surface area contributed by atoms with Gasteiger partial charge in [0.05, 0.1) is 12.1 Å². The lowest BCUT2D eigenvalue weighted by atomic mass is 10.1. The number of hydrogen-bond donors (Lipinski definition) is 1. The number of benzene rings is 2. The van der Waals surface area contributed by atoms with Crippen molar-refractivity contribution in [1.82, 2.24) is 5.32 Å². The second-order valence-electron chi connectivity index (χ2n) is 6.25. The first-order valence-electron chi connectivity index (χ1n) is 8.67. The quantitative estimate of drug-likeness (QED) is 0.722. The Morgan fingerprint density at radius 2 is 1.81 bits per heavy atom. The molecule has 1 N–H and O–H groups in total. The molecule has 2 heterocycles. The minimum absolute atomic E-state index is 0.104. The van der Waals surface area contributed by atoms with Crippen molar-refractivity contribution < 1.29 is 18.3 Å². The van der Waals surface area contributed by atoms with Crippen molar-refractivity contribution in [1.29, 1.82) is 0 Å². The highest BCUT2D eigenvalue weighted by molar-refractivity contribution is 5.58. The second kappa shape index (κ2) is 7.22. The first kappa shape index (κ1) is 16.7. The van der Waals surface area contributed by atoms with E-state index >= 15 is 0 Å². The molecule has 3 aromatic rings. The van der Waals surface area contributed by atoms with Gasteiger partial charge < -0.3 is 19.2 Å². The van der Waals surface area contributed by atoms with Crippen molar-refractivity contribution in [2.24, 2.45) is 0 Å². The van der Waals surface area contributed by atoms with E-state index in [4.69, 9.17) is 13.9 Å². The highest BCUT2D eigenvalue weighted by atomic mass is 19.1. The fraction of sp³-hybridized carbons (Fsp3) is 0.238. The maximum Gasteiger partial charge on any atom is 0.161 e. The van der Waals surface area contributed by atoms with E-state index < -0.39 is 0 Å². The molecule has 0 aliphatic carbocycles. The number of ether oxygens (including phenoxy) is 2. The van der Waals surface area contributed by atoms with Crippen LogP contribution in [0, 0.1) is 5.82 Å². The normalized spacial score (nSPS) is 14.2. The van der Waals surface area contributed by atoms with E-state index in [0.29, 0.717) is 31.1 Å². The van der Waals surface area contributed by atoms with E-state index in [9.17, 15) is 4.39 Å². The molecule has 1 atom stereocenters. The predicted molar refractivity (Wildman–Crippen MR) is 96.8 cm³/mol. The first-order valence-corrected chi connectivity index (χ1v) is 8.67. The maximum atomic E-state index is 13.9. The average molecular weight is 353 g/mol. The van der Waals surface area contributed by atoms with Crippen molar-refractivity contribution in [3.8, 4) is 22.8 Å². The molecule has 1 aromatic heterocycles. The number of fused-ring (bicyclic) bond motifs is 1. The van der Waals surface area contributed by atoms with Crippen LogP contribution in [-0.2, 0) is 6.54 Å². The Labute approximate surface area is 151 Å². The molecule has 134 valence electrons. The zero-order valence-electron chi connectivity index (χ0n) is 14.5. The highest BCUT2D eigenvalue weighted by Gasteiger charge is 2.15.